The number of carbonyl (C=O) groups excluding carboxylic acids is 2. The monoisotopic (exact) mass is 351 g/mol. The van der Waals surface area contributed by atoms with Crippen molar-refractivity contribution in [2.24, 2.45) is 0 Å². The summed E-state index contributed by atoms with van der Waals surface area (Å²) in [4.78, 5) is 26.6. The van der Waals surface area contributed by atoms with Crippen molar-refractivity contribution in [3.8, 4) is 0 Å². The van der Waals surface area contributed by atoms with E-state index in [-0.39, 0.29) is 24.0 Å². The summed E-state index contributed by atoms with van der Waals surface area (Å²) in [7, 11) is 0. The van der Waals surface area contributed by atoms with E-state index in [4.69, 9.17) is 0 Å². The minimum atomic E-state index is -0.189. The SMILES string of the molecule is CC(C)NC(=O)NCc1ccc2c(c1)N(C(=O)c1ccccc1)[C@@H](C)C2. The molecule has 1 aliphatic heterocycles. The van der Waals surface area contributed by atoms with Crippen LogP contribution in [0.4, 0.5) is 10.5 Å². The third kappa shape index (κ3) is 3.87. The van der Waals surface area contributed by atoms with Gasteiger partial charge in [0.2, 0.25) is 0 Å². The van der Waals surface area contributed by atoms with Gasteiger partial charge in [-0.05, 0) is 56.5 Å². The number of fused-ring (bicyclic) bond motifs is 1. The fourth-order valence-electron chi connectivity index (χ4n) is 3.29. The highest BCUT2D eigenvalue weighted by Gasteiger charge is 2.31. The topological polar surface area (TPSA) is 61.4 Å². The molecule has 3 amide bonds. The Balaban J connectivity index is 1.78. The molecule has 5 nitrogen and oxygen atoms in total. The zero-order valence-corrected chi connectivity index (χ0v) is 15.5. The average molecular weight is 351 g/mol. The normalized spacial score (nSPS) is 15.7. The molecule has 3 rings (SSSR count). The van der Waals surface area contributed by atoms with Crippen molar-refractivity contribution in [2.75, 3.05) is 4.90 Å². The highest BCUT2D eigenvalue weighted by atomic mass is 16.2. The first kappa shape index (κ1) is 18.0. The van der Waals surface area contributed by atoms with Crippen molar-refractivity contribution in [3.63, 3.8) is 0 Å². The number of urea groups is 1. The van der Waals surface area contributed by atoms with Crippen LogP contribution < -0.4 is 15.5 Å². The van der Waals surface area contributed by atoms with Gasteiger partial charge in [-0.1, -0.05) is 30.3 Å². The number of nitrogens with one attached hydrogen (secondary N) is 2. The lowest BCUT2D eigenvalue weighted by Gasteiger charge is -2.23. The predicted molar refractivity (Wildman–Crippen MR) is 103 cm³/mol. The van der Waals surface area contributed by atoms with Crippen molar-refractivity contribution in [1.29, 1.82) is 0 Å². The second-order valence-corrected chi connectivity index (χ2v) is 7.04. The number of hydrogen-bond acceptors (Lipinski definition) is 2. The molecule has 0 spiro atoms. The van der Waals surface area contributed by atoms with Crippen LogP contribution in [-0.4, -0.2) is 24.0 Å². The molecule has 0 radical (unpaired) electrons. The van der Waals surface area contributed by atoms with E-state index in [1.54, 1.807) is 0 Å². The van der Waals surface area contributed by atoms with Gasteiger partial charge in [0.05, 0.1) is 0 Å². The zero-order valence-electron chi connectivity index (χ0n) is 15.5. The van der Waals surface area contributed by atoms with Crippen LogP contribution in [-0.2, 0) is 13.0 Å². The summed E-state index contributed by atoms with van der Waals surface area (Å²) in [5, 5.41) is 5.66. The maximum absolute atomic E-state index is 13.0. The fraction of sp³-hybridized carbons (Fsp3) is 0.333. The zero-order chi connectivity index (χ0) is 18.7. The number of rotatable bonds is 4. The van der Waals surface area contributed by atoms with Gasteiger partial charge in [-0.3, -0.25) is 4.79 Å². The molecule has 0 unspecified atom stereocenters. The number of hydrogen-bond donors (Lipinski definition) is 2. The van der Waals surface area contributed by atoms with Crippen LogP contribution in [0, 0.1) is 0 Å². The molecule has 0 saturated heterocycles. The number of anilines is 1. The number of nitrogens with zero attached hydrogens (tertiary/aromatic N) is 1. The van der Waals surface area contributed by atoms with Crippen LogP contribution in [0.1, 0.15) is 42.3 Å². The third-order valence-corrected chi connectivity index (χ3v) is 4.48. The molecule has 26 heavy (non-hydrogen) atoms. The molecule has 0 aromatic heterocycles. The molecule has 5 heteroatoms. The smallest absolute Gasteiger partial charge is 0.315 e. The van der Waals surface area contributed by atoms with Gasteiger partial charge in [0, 0.05) is 29.9 Å². The number of amides is 3. The van der Waals surface area contributed by atoms with Gasteiger partial charge < -0.3 is 15.5 Å². The molecule has 2 aromatic carbocycles. The molecular weight excluding hydrogens is 326 g/mol. The molecule has 1 heterocycles. The Morgan fingerprint density at radius 3 is 2.58 bits per heavy atom. The molecule has 2 N–H and O–H groups in total. The van der Waals surface area contributed by atoms with Gasteiger partial charge >= 0.3 is 6.03 Å². The maximum atomic E-state index is 13.0. The van der Waals surface area contributed by atoms with E-state index < -0.39 is 0 Å². The van der Waals surface area contributed by atoms with Crippen LogP contribution in [0.2, 0.25) is 0 Å². The van der Waals surface area contributed by atoms with E-state index in [0.717, 1.165) is 23.2 Å². The van der Waals surface area contributed by atoms with Gasteiger partial charge in [-0.2, -0.15) is 0 Å². The van der Waals surface area contributed by atoms with Crippen molar-refractivity contribution in [2.45, 2.75) is 45.8 Å². The Morgan fingerprint density at radius 2 is 1.88 bits per heavy atom. The van der Waals surface area contributed by atoms with Crippen LogP contribution in [0.3, 0.4) is 0 Å². The first-order valence-corrected chi connectivity index (χ1v) is 9.00. The standard InChI is InChI=1S/C21H25N3O2/c1-14(2)23-21(26)22-13-16-9-10-18-11-15(3)24(19(18)12-16)20(25)17-7-5-4-6-8-17/h4-10,12,14-15H,11,13H2,1-3H3,(H2,22,23,26)/t15-/m0/s1. The predicted octanol–water partition coefficient (Wildman–Crippen LogP) is 3.49. The molecular formula is C21H25N3O2. The maximum Gasteiger partial charge on any atom is 0.315 e. The van der Waals surface area contributed by atoms with Crippen LogP contribution in [0.5, 0.6) is 0 Å². The number of carbonyl (C=O) groups is 2. The summed E-state index contributed by atoms with van der Waals surface area (Å²) < 4.78 is 0. The van der Waals surface area contributed by atoms with Gasteiger partial charge in [0.25, 0.3) is 5.91 Å². The summed E-state index contributed by atoms with van der Waals surface area (Å²) in [5.74, 6) is 0.0134. The molecule has 0 aliphatic carbocycles. The van der Waals surface area contributed by atoms with E-state index >= 15 is 0 Å². The second kappa shape index (κ2) is 7.60. The highest BCUT2D eigenvalue weighted by molar-refractivity contribution is 6.07. The van der Waals surface area contributed by atoms with Gasteiger partial charge in [-0.15, -0.1) is 0 Å². The fourth-order valence-corrected chi connectivity index (χ4v) is 3.29. The van der Waals surface area contributed by atoms with Crippen molar-refractivity contribution in [1.82, 2.24) is 10.6 Å². The first-order chi connectivity index (χ1) is 12.5. The minimum absolute atomic E-state index is 0.0134. The Kier molecular flexibility index (Phi) is 5.26. The Morgan fingerprint density at radius 1 is 1.15 bits per heavy atom. The van der Waals surface area contributed by atoms with Crippen molar-refractivity contribution in [3.05, 3.63) is 65.2 Å². The van der Waals surface area contributed by atoms with Crippen LogP contribution in [0.25, 0.3) is 0 Å². The quantitative estimate of drug-likeness (QED) is 0.886. The lowest BCUT2D eigenvalue weighted by molar-refractivity contribution is 0.0981. The van der Waals surface area contributed by atoms with E-state index in [1.165, 1.54) is 0 Å². The lowest BCUT2D eigenvalue weighted by atomic mass is 10.1. The molecule has 0 saturated carbocycles. The summed E-state index contributed by atoms with van der Waals surface area (Å²) in [5.41, 5.74) is 3.77. The Labute approximate surface area is 154 Å². The van der Waals surface area contributed by atoms with Crippen LogP contribution >= 0.6 is 0 Å². The van der Waals surface area contributed by atoms with E-state index in [9.17, 15) is 9.59 Å². The Bertz CT molecular complexity index is 802. The molecule has 1 atom stereocenters. The van der Waals surface area contributed by atoms with Gasteiger partial charge in [0.1, 0.15) is 0 Å². The molecule has 1 aliphatic rings. The molecule has 2 aromatic rings. The third-order valence-electron chi connectivity index (χ3n) is 4.48. The lowest BCUT2D eigenvalue weighted by Crippen LogP contribution is -2.39. The van der Waals surface area contributed by atoms with Crippen molar-refractivity contribution < 1.29 is 9.59 Å². The minimum Gasteiger partial charge on any atom is -0.336 e. The molecule has 136 valence electrons. The van der Waals surface area contributed by atoms with E-state index in [1.807, 2.05) is 61.2 Å². The number of benzene rings is 2. The van der Waals surface area contributed by atoms with Gasteiger partial charge in [-0.25, -0.2) is 4.79 Å². The highest BCUT2D eigenvalue weighted by Crippen LogP contribution is 2.34. The summed E-state index contributed by atoms with van der Waals surface area (Å²) in [6.45, 7) is 6.33. The molecule has 0 bridgehead atoms. The van der Waals surface area contributed by atoms with E-state index in [2.05, 4.69) is 23.6 Å². The van der Waals surface area contributed by atoms with Crippen molar-refractivity contribution >= 4 is 17.6 Å². The molecule has 0 fully saturated rings. The Hall–Kier alpha value is -2.82. The average Bonchev–Trinajstić information content (AvgIpc) is 2.94. The second-order valence-electron chi connectivity index (χ2n) is 7.04. The van der Waals surface area contributed by atoms with Gasteiger partial charge in [0.15, 0.2) is 0 Å². The summed E-state index contributed by atoms with van der Waals surface area (Å²) >= 11 is 0. The first-order valence-electron chi connectivity index (χ1n) is 9.00. The largest absolute Gasteiger partial charge is 0.336 e. The van der Waals surface area contributed by atoms with E-state index in [0.29, 0.717) is 12.1 Å². The summed E-state index contributed by atoms with van der Waals surface area (Å²) in [6, 6.07) is 15.4. The van der Waals surface area contributed by atoms with Crippen LogP contribution in [0.15, 0.2) is 48.5 Å². The summed E-state index contributed by atoms with van der Waals surface area (Å²) in [6.07, 6.45) is 0.843.